The minimum absolute atomic E-state index is 0.138. The number of esters is 3. The normalized spacial score (nSPS) is 13.8. The molecule has 0 aliphatic heterocycles. The molecule has 0 heterocycles. The standard InChI is InChI=1S/C64H90O6/c1-4-7-10-13-16-19-22-25-28-31-34-36-39-42-45-48-51-54-57-63(66)69-60-61(70-64(67)58-55-52-49-46-43-40-37-33-30-27-24-21-18-15-12-9-6-3)59-68-62(65)56-53-50-47-44-41-38-35-32-29-26-23-20-17-14-11-8-5-2/h8-38,40-41,43,61H,4-7,39,42,44-60H2,1-3H3/b11-8-,12-9-,13-10-,17-14-,18-15-,19-16-,23-20-,24-21-,25-22-,29-26-,30-27-,31-28-,35-32+,36-34-,37-33+,41-38-,43-40-. The summed E-state index contributed by atoms with van der Waals surface area (Å²) in [5.74, 6) is -1.07. The first-order valence-corrected chi connectivity index (χ1v) is 26.3. The molecule has 0 N–H and O–H groups in total. The summed E-state index contributed by atoms with van der Waals surface area (Å²) < 4.78 is 16.7. The molecule has 0 aromatic carbocycles. The number of unbranched alkanes of at least 4 members (excludes halogenated alkanes) is 12. The zero-order valence-electron chi connectivity index (χ0n) is 43.4. The highest BCUT2D eigenvalue weighted by molar-refractivity contribution is 5.71. The van der Waals surface area contributed by atoms with Crippen molar-refractivity contribution in [2.75, 3.05) is 13.2 Å². The van der Waals surface area contributed by atoms with E-state index in [1.165, 1.54) is 6.42 Å². The predicted octanol–water partition coefficient (Wildman–Crippen LogP) is 17.7. The molecule has 0 aromatic rings. The van der Waals surface area contributed by atoms with Crippen LogP contribution < -0.4 is 0 Å². The van der Waals surface area contributed by atoms with Gasteiger partial charge in [0.05, 0.1) is 0 Å². The fourth-order valence-electron chi connectivity index (χ4n) is 6.06. The SMILES string of the molecule is CC\C=C/C=C\C=C/C=C\C=C\C=C/CCCCCC(=O)OCC(COC(=O)CCCCCCC\C=C/C=C\C=C/C=C\C=C/CCC)OC(=O)CCCCC\C=C/C=C/C=C\C=C/C=C\C=C/CC. The lowest BCUT2D eigenvalue weighted by Gasteiger charge is -2.18. The molecule has 0 aromatic heterocycles. The van der Waals surface area contributed by atoms with Crippen LogP contribution in [0.4, 0.5) is 0 Å². The van der Waals surface area contributed by atoms with Gasteiger partial charge in [0.25, 0.3) is 0 Å². The van der Waals surface area contributed by atoms with Crippen molar-refractivity contribution in [3.05, 3.63) is 207 Å². The van der Waals surface area contributed by atoms with Crippen LogP contribution >= 0.6 is 0 Å². The van der Waals surface area contributed by atoms with E-state index in [-0.39, 0.29) is 44.0 Å². The van der Waals surface area contributed by atoms with Gasteiger partial charge in [-0.25, -0.2) is 0 Å². The van der Waals surface area contributed by atoms with Crippen molar-refractivity contribution in [2.45, 2.75) is 162 Å². The van der Waals surface area contributed by atoms with Gasteiger partial charge in [-0.3, -0.25) is 14.4 Å². The van der Waals surface area contributed by atoms with Crippen LogP contribution in [0.15, 0.2) is 207 Å². The van der Waals surface area contributed by atoms with E-state index < -0.39 is 6.10 Å². The second-order valence-electron chi connectivity index (χ2n) is 16.4. The summed E-state index contributed by atoms with van der Waals surface area (Å²) in [4.78, 5) is 38.1. The summed E-state index contributed by atoms with van der Waals surface area (Å²) in [5, 5.41) is 0. The number of carbonyl (C=O) groups is 3. The van der Waals surface area contributed by atoms with E-state index in [1.54, 1.807) is 0 Å². The maximum Gasteiger partial charge on any atom is 0.306 e. The molecule has 0 rings (SSSR count). The molecule has 0 spiro atoms. The van der Waals surface area contributed by atoms with Gasteiger partial charge in [0.1, 0.15) is 13.2 Å². The third-order valence-corrected chi connectivity index (χ3v) is 9.93. The molecule has 0 radical (unpaired) electrons. The van der Waals surface area contributed by atoms with Gasteiger partial charge in [-0.1, -0.05) is 266 Å². The van der Waals surface area contributed by atoms with Crippen molar-refractivity contribution in [2.24, 2.45) is 0 Å². The highest BCUT2D eigenvalue weighted by Crippen LogP contribution is 2.11. The minimum atomic E-state index is -0.846. The molecule has 0 bridgehead atoms. The van der Waals surface area contributed by atoms with Crippen LogP contribution in [0.3, 0.4) is 0 Å². The zero-order chi connectivity index (χ0) is 50.7. The molecular weight excluding hydrogens is 865 g/mol. The van der Waals surface area contributed by atoms with E-state index in [1.807, 2.05) is 158 Å². The summed E-state index contributed by atoms with van der Waals surface area (Å²) in [5.41, 5.74) is 0. The van der Waals surface area contributed by atoms with E-state index in [9.17, 15) is 14.4 Å². The van der Waals surface area contributed by atoms with Crippen LogP contribution in [0.25, 0.3) is 0 Å². The topological polar surface area (TPSA) is 78.9 Å². The van der Waals surface area contributed by atoms with Gasteiger partial charge in [0.15, 0.2) is 6.10 Å². The summed E-state index contributed by atoms with van der Waals surface area (Å²) in [6, 6.07) is 0. The maximum atomic E-state index is 12.8. The molecule has 1 unspecified atom stereocenters. The van der Waals surface area contributed by atoms with Gasteiger partial charge in [0.2, 0.25) is 0 Å². The fraction of sp³-hybridized carbons (Fsp3) is 0.422. The van der Waals surface area contributed by atoms with Gasteiger partial charge in [0, 0.05) is 19.3 Å². The lowest BCUT2D eigenvalue weighted by Crippen LogP contribution is -2.30. The molecule has 6 nitrogen and oxygen atoms in total. The third-order valence-electron chi connectivity index (χ3n) is 9.93. The Balaban J connectivity index is 4.70. The number of hydrogen-bond donors (Lipinski definition) is 0. The Morgan fingerprint density at radius 1 is 0.300 bits per heavy atom. The molecule has 70 heavy (non-hydrogen) atoms. The molecule has 0 saturated carbocycles. The predicted molar refractivity (Wildman–Crippen MR) is 301 cm³/mol. The Hall–Kier alpha value is -6.01. The van der Waals surface area contributed by atoms with Gasteiger partial charge in [-0.05, 0) is 77.0 Å². The van der Waals surface area contributed by atoms with E-state index in [0.29, 0.717) is 19.3 Å². The lowest BCUT2D eigenvalue weighted by atomic mass is 10.1. The Kier molecular flexibility index (Phi) is 50.8. The zero-order valence-corrected chi connectivity index (χ0v) is 43.4. The van der Waals surface area contributed by atoms with Crippen molar-refractivity contribution in [3.8, 4) is 0 Å². The van der Waals surface area contributed by atoms with Crippen LogP contribution in [0.2, 0.25) is 0 Å². The van der Waals surface area contributed by atoms with Gasteiger partial charge in [-0.2, -0.15) is 0 Å². The van der Waals surface area contributed by atoms with Crippen molar-refractivity contribution < 1.29 is 28.6 Å². The van der Waals surface area contributed by atoms with E-state index in [0.717, 1.165) is 96.3 Å². The Morgan fingerprint density at radius 3 is 0.886 bits per heavy atom. The van der Waals surface area contributed by atoms with Crippen LogP contribution in [-0.4, -0.2) is 37.2 Å². The number of carbonyl (C=O) groups excluding carboxylic acids is 3. The second kappa shape index (κ2) is 55.6. The van der Waals surface area contributed by atoms with Gasteiger partial charge < -0.3 is 14.2 Å². The van der Waals surface area contributed by atoms with Gasteiger partial charge >= 0.3 is 17.9 Å². The second-order valence-corrected chi connectivity index (χ2v) is 16.4. The number of rotatable bonds is 43. The molecule has 0 aliphatic carbocycles. The molecular formula is C64H90O6. The highest BCUT2D eigenvalue weighted by atomic mass is 16.6. The maximum absolute atomic E-state index is 12.8. The number of hydrogen-bond acceptors (Lipinski definition) is 6. The molecule has 1 atom stereocenters. The highest BCUT2D eigenvalue weighted by Gasteiger charge is 2.19. The van der Waals surface area contributed by atoms with Crippen molar-refractivity contribution >= 4 is 17.9 Å². The minimum Gasteiger partial charge on any atom is -0.462 e. The van der Waals surface area contributed by atoms with Crippen LogP contribution in [0.1, 0.15) is 156 Å². The average molecular weight is 955 g/mol. The first kappa shape index (κ1) is 64.0. The fourth-order valence-corrected chi connectivity index (χ4v) is 6.06. The number of ether oxygens (including phenoxy) is 3. The summed E-state index contributed by atoms with van der Waals surface area (Å²) in [6.07, 6.45) is 86.5. The van der Waals surface area contributed by atoms with Crippen molar-refractivity contribution in [1.29, 1.82) is 0 Å². The summed E-state index contributed by atoms with van der Waals surface area (Å²) in [7, 11) is 0. The Labute approximate surface area is 426 Å². The summed E-state index contributed by atoms with van der Waals surface area (Å²) in [6.45, 7) is 6.12. The van der Waals surface area contributed by atoms with Gasteiger partial charge in [-0.15, -0.1) is 0 Å². The van der Waals surface area contributed by atoms with Crippen molar-refractivity contribution in [3.63, 3.8) is 0 Å². The molecule has 0 aliphatic rings. The number of allylic oxidation sites excluding steroid dienone is 34. The largest absolute Gasteiger partial charge is 0.462 e. The van der Waals surface area contributed by atoms with E-state index in [2.05, 4.69) is 69.4 Å². The third kappa shape index (κ3) is 53.0. The quantitative estimate of drug-likeness (QED) is 0.0262. The van der Waals surface area contributed by atoms with Crippen LogP contribution in [-0.2, 0) is 28.6 Å². The first-order chi connectivity index (χ1) is 34.5. The summed E-state index contributed by atoms with van der Waals surface area (Å²) >= 11 is 0. The van der Waals surface area contributed by atoms with Crippen molar-refractivity contribution in [1.82, 2.24) is 0 Å². The Bertz CT molecular complexity index is 1810. The monoisotopic (exact) mass is 955 g/mol. The molecule has 382 valence electrons. The van der Waals surface area contributed by atoms with E-state index >= 15 is 0 Å². The molecule has 0 saturated heterocycles. The average Bonchev–Trinajstić information content (AvgIpc) is 3.36. The molecule has 6 heteroatoms. The van der Waals surface area contributed by atoms with Crippen LogP contribution in [0.5, 0.6) is 0 Å². The van der Waals surface area contributed by atoms with E-state index in [4.69, 9.17) is 14.2 Å². The smallest absolute Gasteiger partial charge is 0.306 e. The Morgan fingerprint density at radius 2 is 0.557 bits per heavy atom. The molecule has 0 amide bonds. The lowest BCUT2D eigenvalue weighted by molar-refractivity contribution is -0.167. The molecule has 0 fully saturated rings. The van der Waals surface area contributed by atoms with Crippen LogP contribution in [0, 0.1) is 0 Å². The first-order valence-electron chi connectivity index (χ1n) is 26.3.